The molecule has 6 nitrogen and oxygen atoms in total. The number of aromatic nitrogens is 3. The second-order valence-corrected chi connectivity index (χ2v) is 4.56. The van der Waals surface area contributed by atoms with E-state index < -0.39 is 0 Å². The first kappa shape index (κ1) is 14.9. The molecule has 0 atom stereocenters. The van der Waals surface area contributed by atoms with Gasteiger partial charge in [0.2, 0.25) is 22.4 Å². The fourth-order valence-corrected chi connectivity index (χ4v) is 1.64. The molecular formula is C10H15Cl2N5O. The molecule has 0 spiro atoms. The third kappa shape index (κ3) is 4.27. The van der Waals surface area contributed by atoms with Gasteiger partial charge in [0, 0.05) is 20.6 Å². The number of amides is 1. The average molecular weight is 292 g/mol. The van der Waals surface area contributed by atoms with Gasteiger partial charge in [0.1, 0.15) is 0 Å². The first-order chi connectivity index (χ1) is 8.43. The summed E-state index contributed by atoms with van der Waals surface area (Å²) in [7, 11) is 3.39. The van der Waals surface area contributed by atoms with Crippen molar-refractivity contribution in [3.05, 3.63) is 10.6 Å². The molecule has 0 aliphatic carbocycles. The van der Waals surface area contributed by atoms with E-state index in [2.05, 4.69) is 15.0 Å². The van der Waals surface area contributed by atoms with Crippen LogP contribution in [0.4, 0.5) is 5.95 Å². The highest BCUT2D eigenvalue weighted by Crippen LogP contribution is 2.14. The Morgan fingerprint density at radius 2 is 1.72 bits per heavy atom. The van der Waals surface area contributed by atoms with Gasteiger partial charge in [-0.25, -0.2) is 0 Å². The van der Waals surface area contributed by atoms with Crippen LogP contribution in [0.5, 0.6) is 0 Å². The zero-order valence-electron chi connectivity index (χ0n) is 10.5. The van der Waals surface area contributed by atoms with Gasteiger partial charge in [-0.1, -0.05) is 6.92 Å². The summed E-state index contributed by atoms with van der Waals surface area (Å²) in [5, 5.41) is 0.0341. The molecule has 0 unspecified atom stereocenters. The lowest BCUT2D eigenvalue weighted by molar-refractivity contribution is -0.127. The number of hydrogen-bond acceptors (Lipinski definition) is 5. The van der Waals surface area contributed by atoms with E-state index in [4.69, 9.17) is 23.2 Å². The maximum Gasteiger partial charge on any atom is 0.241 e. The van der Waals surface area contributed by atoms with E-state index in [0.29, 0.717) is 12.5 Å². The Morgan fingerprint density at radius 3 is 2.17 bits per heavy atom. The summed E-state index contributed by atoms with van der Waals surface area (Å²) in [6.45, 7) is 2.81. The fraction of sp³-hybridized carbons (Fsp3) is 0.600. The zero-order valence-corrected chi connectivity index (χ0v) is 12.0. The molecule has 1 amide bonds. The minimum Gasteiger partial charge on any atom is -0.347 e. The number of rotatable bonds is 5. The van der Waals surface area contributed by atoms with Gasteiger partial charge in [-0.05, 0) is 29.6 Å². The number of nitrogens with zero attached hydrogens (tertiary/aromatic N) is 5. The molecule has 1 rings (SSSR count). The molecule has 0 bridgehead atoms. The smallest absolute Gasteiger partial charge is 0.241 e. The van der Waals surface area contributed by atoms with Crippen LogP contribution in [0.1, 0.15) is 13.3 Å². The van der Waals surface area contributed by atoms with Gasteiger partial charge in [0.25, 0.3) is 0 Å². The minimum atomic E-state index is -0.0453. The Hall–Kier alpha value is -1.14. The first-order valence-corrected chi connectivity index (χ1v) is 6.21. The van der Waals surface area contributed by atoms with Crippen molar-refractivity contribution in [2.75, 3.05) is 32.1 Å². The van der Waals surface area contributed by atoms with Gasteiger partial charge < -0.3 is 9.80 Å². The topological polar surface area (TPSA) is 62.2 Å². The third-order valence-corrected chi connectivity index (χ3v) is 2.51. The molecule has 18 heavy (non-hydrogen) atoms. The number of anilines is 1. The lowest BCUT2D eigenvalue weighted by atomic mass is 10.4. The highest BCUT2D eigenvalue weighted by atomic mass is 35.5. The van der Waals surface area contributed by atoms with Crippen LogP contribution in [-0.4, -0.2) is 52.9 Å². The molecule has 0 aromatic carbocycles. The lowest BCUT2D eigenvalue weighted by Crippen LogP contribution is -2.38. The molecule has 1 aromatic rings. The van der Waals surface area contributed by atoms with E-state index in [-0.39, 0.29) is 23.0 Å². The first-order valence-electron chi connectivity index (χ1n) is 5.46. The van der Waals surface area contributed by atoms with E-state index in [0.717, 1.165) is 6.42 Å². The van der Waals surface area contributed by atoms with Crippen LogP contribution in [0.3, 0.4) is 0 Å². The van der Waals surface area contributed by atoms with Gasteiger partial charge in [0.15, 0.2) is 0 Å². The van der Waals surface area contributed by atoms with E-state index in [1.165, 1.54) is 4.90 Å². The Labute approximate surface area is 116 Å². The lowest BCUT2D eigenvalue weighted by Gasteiger charge is -2.23. The molecule has 0 fully saturated rings. The van der Waals surface area contributed by atoms with Crippen LogP contribution in [-0.2, 0) is 4.79 Å². The molecule has 100 valence electrons. The van der Waals surface area contributed by atoms with Crippen LogP contribution in [0, 0.1) is 0 Å². The number of carbonyl (C=O) groups excluding carboxylic acids is 1. The van der Waals surface area contributed by atoms with Crippen molar-refractivity contribution in [3.8, 4) is 0 Å². The number of halogens is 2. The van der Waals surface area contributed by atoms with Gasteiger partial charge in [-0.15, -0.1) is 0 Å². The number of likely N-dealkylation sites (N-methyl/N-ethyl adjacent to an activating group) is 1. The maximum absolute atomic E-state index is 11.7. The highest BCUT2D eigenvalue weighted by molar-refractivity contribution is 6.31. The molecule has 0 aliphatic rings. The van der Waals surface area contributed by atoms with Gasteiger partial charge >= 0.3 is 0 Å². The van der Waals surface area contributed by atoms with Crippen molar-refractivity contribution in [2.45, 2.75) is 13.3 Å². The van der Waals surface area contributed by atoms with Crippen molar-refractivity contribution >= 4 is 35.1 Å². The van der Waals surface area contributed by atoms with Crippen LogP contribution >= 0.6 is 23.2 Å². The molecule has 0 saturated carbocycles. The van der Waals surface area contributed by atoms with Crippen molar-refractivity contribution in [3.63, 3.8) is 0 Å². The van der Waals surface area contributed by atoms with E-state index in [9.17, 15) is 4.79 Å². The van der Waals surface area contributed by atoms with Crippen LogP contribution in [0.2, 0.25) is 10.6 Å². The predicted molar refractivity (Wildman–Crippen MR) is 71.0 cm³/mol. The molecule has 0 aliphatic heterocycles. The standard InChI is InChI=1S/C10H15Cl2N5O/c1-4-5-17(6-7(18)16(2)3)10-14-8(11)13-9(12)15-10/h4-6H2,1-3H3. The summed E-state index contributed by atoms with van der Waals surface area (Å²) in [5.41, 5.74) is 0. The second kappa shape index (κ2) is 6.70. The molecule has 8 heteroatoms. The van der Waals surface area contributed by atoms with Gasteiger partial charge in [0.05, 0.1) is 6.54 Å². The summed E-state index contributed by atoms with van der Waals surface area (Å²) < 4.78 is 0. The van der Waals surface area contributed by atoms with Crippen molar-refractivity contribution in [1.82, 2.24) is 19.9 Å². The summed E-state index contributed by atoms with van der Waals surface area (Å²) in [6, 6.07) is 0. The Morgan fingerprint density at radius 1 is 1.17 bits per heavy atom. The largest absolute Gasteiger partial charge is 0.347 e. The van der Waals surface area contributed by atoms with Crippen molar-refractivity contribution in [2.24, 2.45) is 0 Å². The predicted octanol–water partition coefficient (Wildman–Crippen LogP) is 1.48. The van der Waals surface area contributed by atoms with Gasteiger partial charge in [-0.2, -0.15) is 15.0 Å². The highest BCUT2D eigenvalue weighted by Gasteiger charge is 2.16. The molecule has 0 saturated heterocycles. The van der Waals surface area contributed by atoms with E-state index in [1.54, 1.807) is 19.0 Å². The van der Waals surface area contributed by atoms with Crippen molar-refractivity contribution in [1.29, 1.82) is 0 Å². The van der Waals surface area contributed by atoms with Crippen LogP contribution in [0.25, 0.3) is 0 Å². The molecule has 0 N–H and O–H groups in total. The number of hydrogen-bond donors (Lipinski definition) is 0. The normalized spacial score (nSPS) is 10.3. The Kier molecular flexibility index (Phi) is 5.55. The summed E-state index contributed by atoms with van der Waals surface area (Å²) >= 11 is 11.4. The summed E-state index contributed by atoms with van der Waals surface area (Å²) in [4.78, 5) is 26.6. The second-order valence-electron chi connectivity index (χ2n) is 3.88. The molecule has 0 radical (unpaired) electrons. The monoisotopic (exact) mass is 291 g/mol. The van der Waals surface area contributed by atoms with Crippen LogP contribution in [0.15, 0.2) is 0 Å². The summed E-state index contributed by atoms with van der Waals surface area (Å²) in [6.07, 6.45) is 0.849. The summed E-state index contributed by atoms with van der Waals surface area (Å²) in [5.74, 6) is 0.271. The van der Waals surface area contributed by atoms with Crippen LogP contribution < -0.4 is 4.90 Å². The quantitative estimate of drug-likeness (QED) is 0.822. The molecule has 1 aromatic heterocycles. The van der Waals surface area contributed by atoms with E-state index in [1.807, 2.05) is 6.92 Å². The Bertz CT molecular complexity index is 406. The minimum absolute atomic E-state index is 0.0170. The Balaban J connectivity index is 2.93. The molecule has 1 heterocycles. The van der Waals surface area contributed by atoms with Crippen molar-refractivity contribution < 1.29 is 4.79 Å². The zero-order chi connectivity index (χ0) is 13.7. The SMILES string of the molecule is CCCN(CC(=O)N(C)C)c1nc(Cl)nc(Cl)n1. The van der Waals surface area contributed by atoms with Gasteiger partial charge in [-0.3, -0.25) is 4.79 Å². The fourth-order valence-electron chi connectivity index (χ4n) is 1.28. The third-order valence-electron chi connectivity index (χ3n) is 2.17. The van der Waals surface area contributed by atoms with E-state index >= 15 is 0 Å². The number of carbonyl (C=O) groups is 1. The maximum atomic E-state index is 11.7. The average Bonchev–Trinajstić information content (AvgIpc) is 2.26. The molecular weight excluding hydrogens is 277 g/mol.